The summed E-state index contributed by atoms with van der Waals surface area (Å²) in [5, 5.41) is 27.7. The molecule has 78 heavy (non-hydrogen) atoms. The van der Waals surface area contributed by atoms with E-state index in [1.807, 2.05) is 6.92 Å². The summed E-state index contributed by atoms with van der Waals surface area (Å²) in [7, 11) is 0. The zero-order chi connectivity index (χ0) is 55.6. The summed E-state index contributed by atoms with van der Waals surface area (Å²) in [5.74, 6) is -6.85. The molecular formula is C55H60FN9O13. The van der Waals surface area contributed by atoms with Crippen LogP contribution >= 0.6 is 0 Å². The van der Waals surface area contributed by atoms with Gasteiger partial charge in [-0.1, -0.05) is 57.0 Å². The Kier molecular flexibility index (Phi) is 16.0. The van der Waals surface area contributed by atoms with E-state index >= 15 is 4.39 Å². The summed E-state index contributed by atoms with van der Waals surface area (Å²) in [6.07, 6.45) is 4.65. The van der Waals surface area contributed by atoms with Crippen molar-refractivity contribution >= 4 is 64.1 Å². The van der Waals surface area contributed by atoms with E-state index in [0.29, 0.717) is 83.1 Å². The van der Waals surface area contributed by atoms with Crippen molar-refractivity contribution in [2.75, 3.05) is 26.4 Å². The molecule has 5 atom stereocenters. The van der Waals surface area contributed by atoms with Gasteiger partial charge in [-0.05, 0) is 79.7 Å². The molecule has 4 aromatic rings. The number of cyclic esters (lactones) is 1. The number of halogens is 1. The third kappa shape index (κ3) is 11.0. The van der Waals surface area contributed by atoms with Crippen LogP contribution in [0.4, 0.5) is 4.39 Å². The molecule has 23 heteroatoms. The maximum Gasteiger partial charge on any atom is 0.343 e. The lowest BCUT2D eigenvalue weighted by Crippen LogP contribution is -2.53. The lowest BCUT2D eigenvalue weighted by molar-refractivity contribution is -0.172. The molecule has 1 saturated carbocycles. The number of nitrogens with one attached hydrogen (secondary N) is 6. The van der Waals surface area contributed by atoms with Crippen molar-refractivity contribution in [2.45, 2.75) is 122 Å². The normalized spacial score (nSPS) is 19.0. The summed E-state index contributed by atoms with van der Waals surface area (Å²) in [4.78, 5) is 137. The fourth-order valence-corrected chi connectivity index (χ4v) is 10.7. The fraction of sp³-hybridized carbons (Fsp3) is 0.436. The Morgan fingerprint density at radius 2 is 1.55 bits per heavy atom. The lowest BCUT2D eigenvalue weighted by atomic mass is 9.81. The number of amides is 8. The van der Waals surface area contributed by atoms with Gasteiger partial charge in [0.1, 0.15) is 37.3 Å². The first-order valence-electron chi connectivity index (χ1n) is 26.1. The van der Waals surface area contributed by atoms with Crippen LogP contribution in [-0.4, -0.2) is 117 Å². The number of aromatic nitrogens is 2. The number of imide groups is 1. The Hall–Kier alpha value is -8.18. The van der Waals surface area contributed by atoms with Crippen molar-refractivity contribution in [3.05, 3.63) is 110 Å². The average molecular weight is 1070 g/mol. The minimum Gasteiger partial charge on any atom is -0.458 e. The Labute approximate surface area is 446 Å². The van der Waals surface area contributed by atoms with Gasteiger partial charge in [0.15, 0.2) is 5.60 Å². The highest BCUT2D eigenvalue weighted by Gasteiger charge is 2.46. The summed E-state index contributed by atoms with van der Waals surface area (Å²) >= 11 is 0. The van der Waals surface area contributed by atoms with Crippen LogP contribution < -0.4 is 37.5 Å². The van der Waals surface area contributed by atoms with Gasteiger partial charge >= 0.3 is 5.97 Å². The molecule has 5 aliphatic rings. The van der Waals surface area contributed by atoms with Gasteiger partial charge in [0.05, 0.1) is 54.7 Å². The van der Waals surface area contributed by atoms with Gasteiger partial charge in [-0.3, -0.25) is 48.1 Å². The number of aliphatic hydroxyl groups is 1. The largest absolute Gasteiger partial charge is 0.458 e. The summed E-state index contributed by atoms with van der Waals surface area (Å²) in [6, 6.07) is 8.67. The first kappa shape index (κ1) is 54.6. The molecule has 0 bridgehead atoms. The van der Waals surface area contributed by atoms with E-state index in [0.717, 1.165) is 22.6 Å². The molecule has 0 spiro atoms. The molecule has 0 saturated heterocycles. The van der Waals surface area contributed by atoms with E-state index in [1.165, 1.54) is 10.6 Å². The third-order valence-corrected chi connectivity index (χ3v) is 15.1. The summed E-state index contributed by atoms with van der Waals surface area (Å²) < 4.78 is 28.3. The zero-order valence-corrected chi connectivity index (χ0v) is 43.3. The molecule has 2 aliphatic carbocycles. The van der Waals surface area contributed by atoms with Crippen molar-refractivity contribution in [1.82, 2.24) is 46.4 Å². The highest BCUT2D eigenvalue weighted by molar-refractivity contribution is 6.15. The smallest absolute Gasteiger partial charge is 0.343 e. The van der Waals surface area contributed by atoms with Gasteiger partial charge in [0, 0.05) is 41.2 Å². The number of pyridine rings is 2. The summed E-state index contributed by atoms with van der Waals surface area (Å²) in [6.45, 7) is 2.81. The van der Waals surface area contributed by atoms with Gasteiger partial charge in [-0.25, -0.2) is 14.2 Å². The Balaban J connectivity index is 0.810. The van der Waals surface area contributed by atoms with E-state index in [9.17, 15) is 53.1 Å². The first-order valence-corrected chi connectivity index (χ1v) is 26.1. The van der Waals surface area contributed by atoms with Crippen molar-refractivity contribution in [3.8, 4) is 11.4 Å². The number of carbonyl (C=O) groups is 9. The second-order valence-corrected chi connectivity index (χ2v) is 20.1. The fourth-order valence-electron chi connectivity index (χ4n) is 10.7. The summed E-state index contributed by atoms with van der Waals surface area (Å²) in [5.41, 5.74) is 1.89. The van der Waals surface area contributed by atoms with E-state index in [2.05, 4.69) is 31.9 Å². The third-order valence-electron chi connectivity index (χ3n) is 15.1. The number of ether oxygens (including phenoxy) is 2. The van der Waals surface area contributed by atoms with Crippen molar-refractivity contribution in [2.24, 2.45) is 5.92 Å². The Bertz CT molecular complexity index is 3230. The number of hydrogen-bond donors (Lipinski definition) is 7. The number of rotatable bonds is 22. The van der Waals surface area contributed by atoms with Crippen LogP contribution in [0.5, 0.6) is 0 Å². The van der Waals surface area contributed by atoms with Crippen LogP contribution in [0.15, 0.2) is 59.4 Å². The first-order chi connectivity index (χ1) is 37.4. The molecule has 1 unspecified atom stereocenters. The zero-order valence-electron chi connectivity index (χ0n) is 43.3. The second kappa shape index (κ2) is 22.8. The molecule has 2 aromatic carbocycles. The number of nitrogens with zero attached hydrogens (tertiary/aromatic N) is 3. The molecule has 9 rings (SSSR count). The number of fused-ring (bicyclic) bond motifs is 5. The molecule has 7 N–H and O–H groups in total. The number of benzene rings is 2. The minimum atomic E-state index is -2.06. The topological polar surface area (TPSA) is 303 Å². The van der Waals surface area contributed by atoms with Gasteiger partial charge in [-0.2, -0.15) is 0 Å². The predicted octanol–water partition coefficient (Wildman–Crippen LogP) is 1.06. The number of aryl methyl sites for hydroxylation is 1. The van der Waals surface area contributed by atoms with Crippen molar-refractivity contribution in [1.29, 1.82) is 0 Å². The quantitative estimate of drug-likeness (QED) is 0.0290. The lowest BCUT2D eigenvalue weighted by Gasteiger charge is -2.31. The van der Waals surface area contributed by atoms with Crippen LogP contribution in [0, 0.1) is 18.7 Å². The van der Waals surface area contributed by atoms with Gasteiger partial charge < -0.3 is 51.0 Å². The van der Waals surface area contributed by atoms with Gasteiger partial charge in [-0.15, -0.1) is 0 Å². The van der Waals surface area contributed by atoms with Crippen LogP contribution in [0.25, 0.3) is 22.3 Å². The number of unbranched alkanes of at least 4 members (excludes halogenated alkanes) is 1. The van der Waals surface area contributed by atoms with E-state index < -0.39 is 121 Å². The molecule has 2 aromatic heterocycles. The van der Waals surface area contributed by atoms with Crippen LogP contribution in [-0.2, 0) is 84.2 Å². The molecule has 8 amide bonds. The molecular weight excluding hydrogens is 1010 g/mol. The average Bonchev–Trinajstić information content (AvgIpc) is 4.16. The standard InChI is InChI=1S/C55H60FN9O13/c1-4-6-12-39(65-44(69)17-18-45(65)70)51(72)59-22-41(66)57-24-43(68)61-38(19-29-10-8-7-9-11-29)50(71)58-23-42(67)60-27-78-49(30-13-14-30)52(73)63-36-16-15-31-28(3)35(56)21-37-46(31)47(36)32-25-64-40(48(32)62-37)20-34-33(53(64)74)26-77-54(75)55(34,76)5-2/h7-11,17-18,20-21,30,36,38-39,49,76H,4-6,12-16,19,22-27H2,1-3H3,(H,57,66)(H,58,71)(H,59,72)(H,60,67)(H,61,68)(H,63,73)/t36-,38-,39?,49+,55-/m0/s1. The Morgan fingerprint density at radius 3 is 2.24 bits per heavy atom. The van der Waals surface area contributed by atoms with Crippen molar-refractivity contribution < 1.29 is 62.1 Å². The van der Waals surface area contributed by atoms with E-state index in [1.54, 1.807) is 50.2 Å². The number of esters is 1. The minimum absolute atomic E-state index is 0.0123. The van der Waals surface area contributed by atoms with Crippen LogP contribution in [0.1, 0.15) is 104 Å². The van der Waals surface area contributed by atoms with Crippen LogP contribution in [0.2, 0.25) is 0 Å². The second-order valence-electron chi connectivity index (χ2n) is 20.1. The molecule has 22 nitrogen and oxygen atoms in total. The monoisotopic (exact) mass is 1070 g/mol. The highest BCUT2D eigenvalue weighted by atomic mass is 19.1. The van der Waals surface area contributed by atoms with E-state index in [4.69, 9.17) is 14.5 Å². The molecule has 0 radical (unpaired) electrons. The van der Waals surface area contributed by atoms with Crippen LogP contribution in [0.3, 0.4) is 0 Å². The molecule has 3 aliphatic heterocycles. The molecule has 1 fully saturated rings. The van der Waals surface area contributed by atoms with Gasteiger partial charge in [0.25, 0.3) is 17.4 Å². The number of hydrogen-bond acceptors (Lipinski definition) is 14. The molecule has 410 valence electrons. The van der Waals surface area contributed by atoms with E-state index in [-0.39, 0.29) is 49.5 Å². The number of carbonyl (C=O) groups excluding carboxylic acids is 9. The maximum absolute atomic E-state index is 15.5. The maximum atomic E-state index is 15.5. The highest BCUT2D eigenvalue weighted by Crippen LogP contribution is 2.46. The van der Waals surface area contributed by atoms with Gasteiger partial charge in [0.2, 0.25) is 35.4 Å². The SMILES string of the molecule is CCCCC(C(=O)NCC(=O)NCC(=O)N[C@@H](Cc1ccccc1)C(=O)NCC(=O)NCO[C@@H](C(=O)N[C@H]1CCc2c(C)c(F)cc3nc4c(c1c23)Cn1c-4cc2c(c1=O)COC(=O)[C@]2(O)CC)C1CC1)N1C(=O)C=CC1=O. The van der Waals surface area contributed by atoms with Crippen molar-refractivity contribution in [3.63, 3.8) is 0 Å². The molecule has 5 heterocycles. The Morgan fingerprint density at radius 1 is 0.859 bits per heavy atom. The predicted molar refractivity (Wildman–Crippen MR) is 274 cm³/mol.